The Hall–Kier alpha value is 0.0700. The smallest absolute Gasteiger partial charge is 0.0624 e. The van der Waals surface area contributed by atoms with Gasteiger partial charge < -0.3 is 10.1 Å². The van der Waals surface area contributed by atoms with Gasteiger partial charge in [0.05, 0.1) is 6.61 Å². The third-order valence-corrected chi connectivity index (χ3v) is 3.52. The Kier molecular flexibility index (Phi) is 4.18. The lowest BCUT2D eigenvalue weighted by molar-refractivity contribution is 0.169. The first-order valence-electron chi connectivity index (χ1n) is 4.32. The Morgan fingerprint density at radius 1 is 1.67 bits per heavy atom. The molecule has 0 aromatic carbocycles. The Labute approximate surface area is 76.3 Å². The van der Waals surface area contributed by atoms with Crippen LogP contribution in [0.5, 0.6) is 0 Å². The standard InChI is InChI=1S/C8H17NO2S/c1-7-3-4-12(10)6-8(9-7)5-11-2/h7-9H,3-6H2,1-2H3. The Bertz CT molecular complexity index is 163. The lowest BCUT2D eigenvalue weighted by atomic mass is 10.2. The molecule has 0 amide bonds. The monoisotopic (exact) mass is 191 g/mol. The molecule has 3 nitrogen and oxygen atoms in total. The fourth-order valence-electron chi connectivity index (χ4n) is 1.45. The van der Waals surface area contributed by atoms with E-state index in [4.69, 9.17) is 4.74 Å². The molecule has 1 aliphatic rings. The number of nitrogens with one attached hydrogen (secondary N) is 1. The van der Waals surface area contributed by atoms with Crippen LogP contribution in [-0.2, 0) is 15.5 Å². The van der Waals surface area contributed by atoms with Gasteiger partial charge >= 0.3 is 0 Å². The van der Waals surface area contributed by atoms with Crippen molar-refractivity contribution in [1.82, 2.24) is 5.32 Å². The van der Waals surface area contributed by atoms with Crippen molar-refractivity contribution in [3.05, 3.63) is 0 Å². The maximum atomic E-state index is 11.3. The first-order valence-corrected chi connectivity index (χ1v) is 5.81. The van der Waals surface area contributed by atoms with Crippen LogP contribution in [0.3, 0.4) is 0 Å². The van der Waals surface area contributed by atoms with Gasteiger partial charge in [-0.25, -0.2) is 0 Å². The number of hydrogen-bond acceptors (Lipinski definition) is 3. The zero-order chi connectivity index (χ0) is 8.97. The third kappa shape index (κ3) is 3.21. The first-order chi connectivity index (χ1) is 5.72. The van der Waals surface area contributed by atoms with Crippen molar-refractivity contribution in [3.8, 4) is 0 Å². The van der Waals surface area contributed by atoms with Crippen molar-refractivity contribution < 1.29 is 8.95 Å². The third-order valence-electron chi connectivity index (χ3n) is 2.05. The van der Waals surface area contributed by atoms with Crippen LogP contribution in [0.1, 0.15) is 13.3 Å². The summed E-state index contributed by atoms with van der Waals surface area (Å²) in [7, 11) is 1.03. The SMILES string of the molecule is COCC1CS(=O)CCC(C)N1. The summed E-state index contributed by atoms with van der Waals surface area (Å²) in [6.07, 6.45) is 1.01. The second-order valence-corrected chi connectivity index (χ2v) is 4.94. The highest BCUT2D eigenvalue weighted by molar-refractivity contribution is 7.85. The van der Waals surface area contributed by atoms with E-state index in [-0.39, 0.29) is 6.04 Å². The predicted molar refractivity (Wildman–Crippen MR) is 50.8 cm³/mol. The van der Waals surface area contributed by atoms with Crippen LogP contribution in [0.25, 0.3) is 0 Å². The highest BCUT2D eigenvalue weighted by atomic mass is 32.2. The molecule has 3 atom stereocenters. The molecule has 3 unspecified atom stereocenters. The van der Waals surface area contributed by atoms with Gasteiger partial charge in [-0.15, -0.1) is 0 Å². The maximum absolute atomic E-state index is 11.3. The quantitative estimate of drug-likeness (QED) is 0.674. The summed E-state index contributed by atoms with van der Waals surface area (Å²) in [4.78, 5) is 0. The molecule has 1 aliphatic heterocycles. The summed E-state index contributed by atoms with van der Waals surface area (Å²) in [5, 5.41) is 3.39. The molecular formula is C8H17NO2S. The second-order valence-electron chi connectivity index (χ2n) is 3.32. The number of ether oxygens (including phenoxy) is 1. The van der Waals surface area contributed by atoms with Crippen molar-refractivity contribution in [2.45, 2.75) is 25.4 Å². The van der Waals surface area contributed by atoms with Crippen LogP contribution in [0.2, 0.25) is 0 Å². The van der Waals surface area contributed by atoms with E-state index in [0.29, 0.717) is 12.6 Å². The van der Waals surface area contributed by atoms with Crippen LogP contribution >= 0.6 is 0 Å². The van der Waals surface area contributed by atoms with Crippen molar-refractivity contribution in [2.24, 2.45) is 0 Å². The summed E-state index contributed by atoms with van der Waals surface area (Å²) >= 11 is 0. The average Bonchev–Trinajstić information content (AvgIpc) is 2.14. The van der Waals surface area contributed by atoms with Crippen LogP contribution < -0.4 is 5.32 Å². The zero-order valence-corrected chi connectivity index (χ0v) is 8.52. The van der Waals surface area contributed by atoms with Crippen LogP contribution in [0.4, 0.5) is 0 Å². The Morgan fingerprint density at radius 3 is 3.08 bits per heavy atom. The van der Waals surface area contributed by atoms with E-state index in [9.17, 15) is 4.21 Å². The summed E-state index contributed by atoms with van der Waals surface area (Å²) in [5.74, 6) is 1.56. The van der Waals surface area contributed by atoms with E-state index in [1.54, 1.807) is 7.11 Å². The summed E-state index contributed by atoms with van der Waals surface area (Å²) in [6, 6.07) is 0.741. The van der Waals surface area contributed by atoms with E-state index in [2.05, 4.69) is 12.2 Å². The molecule has 0 saturated carbocycles. The first kappa shape index (κ1) is 10.2. The minimum Gasteiger partial charge on any atom is -0.383 e. The fraction of sp³-hybridized carbons (Fsp3) is 1.00. The van der Waals surface area contributed by atoms with Gasteiger partial charge in [-0.1, -0.05) is 0 Å². The normalized spacial score (nSPS) is 37.7. The minimum atomic E-state index is -0.652. The molecule has 1 rings (SSSR count). The molecule has 0 radical (unpaired) electrons. The van der Waals surface area contributed by atoms with Crippen molar-refractivity contribution in [1.29, 1.82) is 0 Å². The molecule has 1 heterocycles. The van der Waals surface area contributed by atoms with Crippen molar-refractivity contribution >= 4 is 10.8 Å². The Morgan fingerprint density at radius 2 is 2.42 bits per heavy atom. The van der Waals surface area contributed by atoms with E-state index in [1.165, 1.54) is 0 Å². The van der Waals surface area contributed by atoms with Crippen LogP contribution in [-0.4, -0.2) is 41.5 Å². The minimum absolute atomic E-state index is 0.272. The summed E-state index contributed by atoms with van der Waals surface area (Å²) in [6.45, 7) is 2.79. The zero-order valence-electron chi connectivity index (χ0n) is 7.71. The number of hydrogen-bond donors (Lipinski definition) is 1. The van der Waals surface area contributed by atoms with E-state index >= 15 is 0 Å². The number of methoxy groups -OCH3 is 1. The second kappa shape index (κ2) is 4.94. The van der Waals surface area contributed by atoms with Gasteiger partial charge in [0.1, 0.15) is 0 Å². The fourth-order valence-corrected chi connectivity index (χ4v) is 2.87. The van der Waals surface area contributed by atoms with Crippen molar-refractivity contribution in [3.63, 3.8) is 0 Å². The van der Waals surface area contributed by atoms with Gasteiger partial charge in [0.15, 0.2) is 0 Å². The lowest BCUT2D eigenvalue weighted by Gasteiger charge is -2.17. The molecule has 0 aromatic rings. The molecule has 0 spiro atoms. The highest BCUT2D eigenvalue weighted by Crippen LogP contribution is 2.04. The van der Waals surface area contributed by atoms with Crippen LogP contribution in [0.15, 0.2) is 0 Å². The van der Waals surface area contributed by atoms with E-state index in [0.717, 1.165) is 17.9 Å². The average molecular weight is 191 g/mol. The topological polar surface area (TPSA) is 38.3 Å². The van der Waals surface area contributed by atoms with Crippen LogP contribution in [0, 0.1) is 0 Å². The molecule has 4 heteroatoms. The maximum Gasteiger partial charge on any atom is 0.0624 e. The van der Waals surface area contributed by atoms with Gasteiger partial charge in [-0.2, -0.15) is 0 Å². The molecule has 72 valence electrons. The molecule has 0 bridgehead atoms. The molecule has 0 aliphatic carbocycles. The van der Waals surface area contributed by atoms with Gasteiger partial charge in [-0.05, 0) is 13.3 Å². The predicted octanol–water partition coefficient (Wildman–Crippen LogP) is 0.132. The molecule has 0 aromatic heterocycles. The molecular weight excluding hydrogens is 174 g/mol. The molecule has 1 saturated heterocycles. The number of rotatable bonds is 2. The van der Waals surface area contributed by atoms with Gasteiger partial charge in [0.2, 0.25) is 0 Å². The highest BCUT2D eigenvalue weighted by Gasteiger charge is 2.19. The van der Waals surface area contributed by atoms with E-state index in [1.807, 2.05) is 0 Å². The lowest BCUT2D eigenvalue weighted by Crippen LogP contribution is -2.40. The summed E-state index contributed by atoms with van der Waals surface area (Å²) < 4.78 is 16.4. The molecule has 12 heavy (non-hydrogen) atoms. The van der Waals surface area contributed by atoms with Crippen molar-refractivity contribution in [2.75, 3.05) is 25.2 Å². The largest absolute Gasteiger partial charge is 0.383 e. The molecule has 1 N–H and O–H groups in total. The van der Waals surface area contributed by atoms with E-state index < -0.39 is 10.8 Å². The molecule has 1 fully saturated rings. The van der Waals surface area contributed by atoms with Gasteiger partial charge in [0.25, 0.3) is 0 Å². The van der Waals surface area contributed by atoms with Gasteiger partial charge in [0, 0.05) is 41.5 Å². The van der Waals surface area contributed by atoms with Gasteiger partial charge in [-0.3, -0.25) is 4.21 Å². The Balaban J connectivity index is 2.43. The summed E-state index contributed by atoms with van der Waals surface area (Å²) in [5.41, 5.74) is 0.